The first kappa shape index (κ1) is 17.5. The highest BCUT2D eigenvalue weighted by Gasteiger charge is 2.22. The van der Waals surface area contributed by atoms with Gasteiger partial charge >= 0.3 is 0 Å². The maximum Gasteiger partial charge on any atom is 0.225 e. The van der Waals surface area contributed by atoms with Crippen molar-refractivity contribution >= 4 is 5.91 Å². The van der Waals surface area contributed by atoms with Gasteiger partial charge in [0.15, 0.2) is 0 Å². The molecular formula is C16H26N2O3. The summed E-state index contributed by atoms with van der Waals surface area (Å²) in [6, 6.07) is 7.76. The fraction of sp³-hybridized carbons (Fsp3) is 0.562. The van der Waals surface area contributed by atoms with Crippen molar-refractivity contribution in [2.45, 2.75) is 32.4 Å². The number of hydrogen-bond acceptors (Lipinski definition) is 4. The van der Waals surface area contributed by atoms with Gasteiger partial charge in [0, 0.05) is 20.2 Å². The van der Waals surface area contributed by atoms with E-state index in [1.807, 2.05) is 43.0 Å². The van der Waals surface area contributed by atoms with E-state index in [1.165, 1.54) is 0 Å². The molecule has 2 unspecified atom stereocenters. The van der Waals surface area contributed by atoms with Gasteiger partial charge in [-0.15, -0.1) is 0 Å². The molecule has 0 heterocycles. The minimum Gasteiger partial charge on any atom is -0.497 e. The number of benzene rings is 1. The van der Waals surface area contributed by atoms with Crippen molar-refractivity contribution in [2.24, 2.45) is 5.73 Å². The Kier molecular flexibility index (Phi) is 7.19. The van der Waals surface area contributed by atoms with Crippen molar-refractivity contribution in [3.05, 3.63) is 29.8 Å². The summed E-state index contributed by atoms with van der Waals surface area (Å²) >= 11 is 0. The van der Waals surface area contributed by atoms with E-state index in [-0.39, 0.29) is 18.1 Å². The van der Waals surface area contributed by atoms with Crippen LogP contribution in [0.2, 0.25) is 0 Å². The molecule has 0 saturated carbocycles. The second-order valence-electron chi connectivity index (χ2n) is 4.93. The second kappa shape index (κ2) is 8.64. The Bertz CT molecular complexity index is 447. The molecule has 0 aromatic heterocycles. The molecule has 5 heteroatoms. The van der Waals surface area contributed by atoms with E-state index in [1.54, 1.807) is 14.2 Å². The van der Waals surface area contributed by atoms with Gasteiger partial charge in [0.25, 0.3) is 0 Å². The molecule has 2 N–H and O–H groups in total. The Morgan fingerprint density at radius 3 is 2.62 bits per heavy atom. The summed E-state index contributed by atoms with van der Waals surface area (Å²) in [5.74, 6) is 0.838. The monoisotopic (exact) mass is 294 g/mol. The smallest absolute Gasteiger partial charge is 0.225 e. The summed E-state index contributed by atoms with van der Waals surface area (Å²) in [6.07, 6.45) is 0.0684. The zero-order valence-electron chi connectivity index (χ0n) is 13.3. The molecule has 0 radical (unpaired) electrons. The van der Waals surface area contributed by atoms with Crippen LogP contribution in [0.3, 0.4) is 0 Å². The maximum absolute atomic E-state index is 12.4. The molecule has 1 aromatic rings. The van der Waals surface area contributed by atoms with Gasteiger partial charge in [0.05, 0.1) is 25.7 Å². The van der Waals surface area contributed by atoms with Crippen molar-refractivity contribution in [1.82, 2.24) is 4.90 Å². The Morgan fingerprint density at radius 2 is 2.10 bits per heavy atom. The first-order valence-corrected chi connectivity index (χ1v) is 7.23. The summed E-state index contributed by atoms with van der Waals surface area (Å²) in [4.78, 5) is 14.3. The normalized spacial score (nSPS) is 13.6. The lowest BCUT2D eigenvalue weighted by Gasteiger charge is -2.30. The van der Waals surface area contributed by atoms with Crippen LogP contribution < -0.4 is 10.5 Å². The summed E-state index contributed by atoms with van der Waals surface area (Å²) < 4.78 is 10.4. The van der Waals surface area contributed by atoms with Gasteiger partial charge in [0.2, 0.25) is 5.91 Å². The lowest BCUT2D eigenvalue weighted by Crippen LogP contribution is -2.37. The molecule has 0 saturated heterocycles. The Hall–Kier alpha value is -1.59. The van der Waals surface area contributed by atoms with Crippen molar-refractivity contribution in [1.29, 1.82) is 0 Å². The topological polar surface area (TPSA) is 64.8 Å². The molecule has 1 amide bonds. The number of amides is 1. The third kappa shape index (κ3) is 4.72. The van der Waals surface area contributed by atoms with Gasteiger partial charge in [-0.3, -0.25) is 4.79 Å². The molecule has 1 rings (SSSR count). The van der Waals surface area contributed by atoms with E-state index in [9.17, 15) is 4.79 Å². The Labute approximate surface area is 127 Å². The molecule has 0 fully saturated rings. The number of carbonyl (C=O) groups is 1. The van der Waals surface area contributed by atoms with Gasteiger partial charge in [-0.25, -0.2) is 0 Å². The predicted octanol–water partition coefficient (Wildman–Crippen LogP) is 1.97. The molecule has 0 aliphatic carbocycles. The average Bonchev–Trinajstić information content (AvgIpc) is 2.53. The Balaban J connectivity index is 2.84. The summed E-state index contributed by atoms with van der Waals surface area (Å²) in [5, 5.41) is 0. The van der Waals surface area contributed by atoms with Crippen molar-refractivity contribution in [3.8, 4) is 5.75 Å². The van der Waals surface area contributed by atoms with Crippen molar-refractivity contribution < 1.29 is 14.3 Å². The fourth-order valence-corrected chi connectivity index (χ4v) is 2.32. The van der Waals surface area contributed by atoms with Gasteiger partial charge in [-0.1, -0.05) is 12.1 Å². The van der Waals surface area contributed by atoms with Crippen LogP contribution in [0.15, 0.2) is 24.3 Å². The number of ether oxygens (including phenoxy) is 2. The largest absolute Gasteiger partial charge is 0.497 e. The maximum atomic E-state index is 12.4. The molecule has 1 aromatic carbocycles. The van der Waals surface area contributed by atoms with Crippen LogP contribution in [-0.4, -0.2) is 44.2 Å². The van der Waals surface area contributed by atoms with Gasteiger partial charge in [-0.05, 0) is 31.5 Å². The molecule has 0 aliphatic heterocycles. The van der Waals surface area contributed by atoms with Crippen LogP contribution in [-0.2, 0) is 9.53 Å². The zero-order chi connectivity index (χ0) is 15.8. The lowest BCUT2D eigenvalue weighted by atomic mass is 10.1. The number of nitrogens with two attached hydrogens (primary N) is 1. The van der Waals surface area contributed by atoms with Crippen LogP contribution >= 0.6 is 0 Å². The molecular weight excluding hydrogens is 268 g/mol. The van der Waals surface area contributed by atoms with Gasteiger partial charge in [0.1, 0.15) is 5.75 Å². The van der Waals surface area contributed by atoms with Gasteiger partial charge in [-0.2, -0.15) is 0 Å². The summed E-state index contributed by atoms with van der Waals surface area (Å²) in [6.45, 7) is 4.96. The van der Waals surface area contributed by atoms with Crippen LogP contribution in [0.25, 0.3) is 0 Å². The highest BCUT2D eigenvalue weighted by molar-refractivity contribution is 5.77. The SMILES string of the molecule is CCN(C(=O)CC(CN)OC)C(C)c1cccc(OC)c1. The zero-order valence-corrected chi connectivity index (χ0v) is 13.3. The standard InChI is InChI=1S/C16H26N2O3/c1-5-18(16(19)10-15(11-17)21-4)12(2)13-7-6-8-14(9-13)20-3/h6-9,12,15H,5,10-11,17H2,1-4H3. The average molecular weight is 294 g/mol. The molecule has 2 atom stereocenters. The molecule has 5 nitrogen and oxygen atoms in total. The molecule has 21 heavy (non-hydrogen) atoms. The molecule has 0 spiro atoms. The number of hydrogen-bond donors (Lipinski definition) is 1. The Morgan fingerprint density at radius 1 is 1.38 bits per heavy atom. The van der Waals surface area contributed by atoms with E-state index in [4.69, 9.17) is 15.2 Å². The minimum atomic E-state index is -0.232. The van der Waals surface area contributed by atoms with Crippen molar-refractivity contribution in [2.75, 3.05) is 27.3 Å². The summed E-state index contributed by atoms with van der Waals surface area (Å²) in [7, 11) is 3.21. The first-order valence-electron chi connectivity index (χ1n) is 7.23. The number of nitrogens with zero attached hydrogens (tertiary/aromatic N) is 1. The fourth-order valence-electron chi connectivity index (χ4n) is 2.32. The van der Waals surface area contributed by atoms with Crippen LogP contribution in [0.1, 0.15) is 31.9 Å². The summed E-state index contributed by atoms with van der Waals surface area (Å²) in [5.41, 5.74) is 6.63. The van der Waals surface area contributed by atoms with E-state index in [0.717, 1.165) is 11.3 Å². The molecule has 0 bridgehead atoms. The highest BCUT2D eigenvalue weighted by Crippen LogP contribution is 2.24. The lowest BCUT2D eigenvalue weighted by molar-refractivity contribution is -0.135. The van der Waals surface area contributed by atoms with Crippen LogP contribution in [0, 0.1) is 0 Å². The number of carbonyl (C=O) groups excluding carboxylic acids is 1. The predicted molar refractivity (Wildman–Crippen MR) is 83.3 cm³/mol. The quantitative estimate of drug-likeness (QED) is 0.796. The molecule has 118 valence electrons. The molecule has 0 aliphatic rings. The van der Waals surface area contributed by atoms with E-state index < -0.39 is 0 Å². The van der Waals surface area contributed by atoms with E-state index in [2.05, 4.69) is 0 Å². The first-order chi connectivity index (χ1) is 10.1. The van der Waals surface area contributed by atoms with Crippen LogP contribution in [0.5, 0.6) is 5.75 Å². The van der Waals surface area contributed by atoms with Crippen LogP contribution in [0.4, 0.5) is 0 Å². The van der Waals surface area contributed by atoms with Gasteiger partial charge < -0.3 is 20.1 Å². The van der Waals surface area contributed by atoms with Crippen molar-refractivity contribution in [3.63, 3.8) is 0 Å². The van der Waals surface area contributed by atoms with E-state index in [0.29, 0.717) is 19.5 Å². The minimum absolute atomic E-state index is 0.0205. The second-order valence-corrected chi connectivity index (χ2v) is 4.93. The number of rotatable bonds is 8. The van der Waals surface area contributed by atoms with E-state index >= 15 is 0 Å². The highest BCUT2D eigenvalue weighted by atomic mass is 16.5. The number of methoxy groups -OCH3 is 2. The third-order valence-corrected chi connectivity index (χ3v) is 3.70. The third-order valence-electron chi connectivity index (χ3n) is 3.70.